The van der Waals surface area contributed by atoms with E-state index in [0.29, 0.717) is 11.7 Å². The van der Waals surface area contributed by atoms with E-state index in [1.165, 1.54) is 0 Å². The van der Waals surface area contributed by atoms with E-state index in [1.807, 2.05) is 13.8 Å². The standard InChI is InChI=1S/C9H15NO/c1-7(2)9(4)10-6-8(3)11-5/h6-7H,3-4H2,1-2,5H3. The number of nitrogens with zero attached hydrogens (tertiary/aromatic N) is 1. The van der Waals surface area contributed by atoms with Crippen molar-refractivity contribution < 1.29 is 4.74 Å². The van der Waals surface area contributed by atoms with Gasteiger partial charge in [0.25, 0.3) is 0 Å². The van der Waals surface area contributed by atoms with Crippen molar-refractivity contribution in [2.24, 2.45) is 10.9 Å². The zero-order valence-electron chi connectivity index (χ0n) is 7.42. The molecule has 0 amide bonds. The number of rotatable bonds is 4. The van der Waals surface area contributed by atoms with Crippen LogP contribution in [0.4, 0.5) is 0 Å². The highest BCUT2D eigenvalue weighted by Gasteiger charge is 1.95. The molecule has 0 fully saturated rings. The zero-order valence-corrected chi connectivity index (χ0v) is 7.42. The molecule has 0 spiro atoms. The lowest BCUT2D eigenvalue weighted by atomic mass is 10.2. The summed E-state index contributed by atoms with van der Waals surface area (Å²) in [5, 5.41) is 0. The molecule has 0 aliphatic rings. The number of methoxy groups -OCH3 is 1. The summed E-state index contributed by atoms with van der Waals surface area (Å²) in [5.74, 6) is 0.919. The minimum Gasteiger partial charge on any atom is -0.496 e. The lowest BCUT2D eigenvalue weighted by Crippen LogP contribution is -1.91. The highest BCUT2D eigenvalue weighted by Crippen LogP contribution is 2.07. The molecule has 0 heterocycles. The first kappa shape index (κ1) is 9.95. The molecule has 0 unspecified atom stereocenters. The summed E-state index contributed by atoms with van der Waals surface area (Å²) in [7, 11) is 1.56. The number of hydrogen-bond donors (Lipinski definition) is 0. The molecular weight excluding hydrogens is 138 g/mol. The van der Waals surface area contributed by atoms with Crippen LogP contribution in [0, 0.1) is 5.92 Å². The fourth-order valence-corrected chi connectivity index (χ4v) is 0.357. The van der Waals surface area contributed by atoms with Gasteiger partial charge in [0.05, 0.1) is 13.3 Å². The third-order valence-corrected chi connectivity index (χ3v) is 1.30. The van der Waals surface area contributed by atoms with Crippen molar-refractivity contribution in [2.75, 3.05) is 7.11 Å². The van der Waals surface area contributed by atoms with Crippen LogP contribution < -0.4 is 0 Å². The van der Waals surface area contributed by atoms with Gasteiger partial charge in [0.1, 0.15) is 5.76 Å². The molecule has 0 saturated heterocycles. The second-order valence-electron chi connectivity index (χ2n) is 2.57. The molecule has 0 saturated carbocycles. The molecule has 2 heteroatoms. The average Bonchev–Trinajstić information content (AvgIpc) is 1.99. The molecule has 0 bridgehead atoms. The molecule has 62 valence electrons. The van der Waals surface area contributed by atoms with Gasteiger partial charge in [0.2, 0.25) is 0 Å². The lowest BCUT2D eigenvalue weighted by Gasteiger charge is -2.02. The smallest absolute Gasteiger partial charge is 0.129 e. The Bertz CT molecular complexity index is 180. The van der Waals surface area contributed by atoms with Crippen molar-refractivity contribution in [1.82, 2.24) is 0 Å². The Hall–Kier alpha value is -1.05. The third kappa shape index (κ3) is 4.37. The second-order valence-corrected chi connectivity index (χ2v) is 2.57. The summed E-state index contributed by atoms with van der Waals surface area (Å²) in [6, 6.07) is 0. The molecular formula is C9H15NO. The highest BCUT2D eigenvalue weighted by molar-refractivity contribution is 5.75. The van der Waals surface area contributed by atoms with Crippen molar-refractivity contribution >= 4 is 6.21 Å². The lowest BCUT2D eigenvalue weighted by molar-refractivity contribution is 0.319. The van der Waals surface area contributed by atoms with E-state index in [4.69, 9.17) is 4.74 Å². The first-order chi connectivity index (χ1) is 5.07. The van der Waals surface area contributed by atoms with Gasteiger partial charge in [0.15, 0.2) is 0 Å². The maximum Gasteiger partial charge on any atom is 0.129 e. The van der Waals surface area contributed by atoms with Gasteiger partial charge in [-0.05, 0) is 5.92 Å². The Morgan fingerprint density at radius 2 is 2.00 bits per heavy atom. The molecule has 0 aromatic carbocycles. The molecule has 0 aromatic rings. The van der Waals surface area contributed by atoms with Crippen LogP contribution in [0.5, 0.6) is 0 Å². The highest BCUT2D eigenvalue weighted by atomic mass is 16.5. The Balaban J connectivity index is 3.93. The Morgan fingerprint density at radius 3 is 2.36 bits per heavy atom. The third-order valence-electron chi connectivity index (χ3n) is 1.30. The van der Waals surface area contributed by atoms with E-state index in [1.54, 1.807) is 13.3 Å². The van der Waals surface area contributed by atoms with Crippen LogP contribution in [0.3, 0.4) is 0 Å². The zero-order chi connectivity index (χ0) is 8.85. The largest absolute Gasteiger partial charge is 0.496 e. The van der Waals surface area contributed by atoms with Gasteiger partial charge in [-0.1, -0.05) is 27.0 Å². The van der Waals surface area contributed by atoms with Crippen molar-refractivity contribution in [3.8, 4) is 0 Å². The maximum absolute atomic E-state index is 4.80. The minimum absolute atomic E-state index is 0.371. The maximum atomic E-state index is 4.80. The van der Waals surface area contributed by atoms with E-state index in [0.717, 1.165) is 5.70 Å². The van der Waals surface area contributed by atoms with Crippen LogP contribution >= 0.6 is 0 Å². The van der Waals surface area contributed by atoms with Crippen molar-refractivity contribution in [2.45, 2.75) is 13.8 Å². The summed E-state index contributed by atoms with van der Waals surface area (Å²) in [6.07, 6.45) is 1.57. The summed E-state index contributed by atoms with van der Waals surface area (Å²) < 4.78 is 4.80. The number of ether oxygens (including phenoxy) is 1. The van der Waals surface area contributed by atoms with Crippen molar-refractivity contribution in [3.63, 3.8) is 0 Å². The molecule has 0 aliphatic heterocycles. The topological polar surface area (TPSA) is 21.6 Å². The second kappa shape index (κ2) is 4.72. The summed E-state index contributed by atoms with van der Waals surface area (Å²) in [4.78, 5) is 4.05. The summed E-state index contributed by atoms with van der Waals surface area (Å²) in [6.45, 7) is 11.4. The minimum atomic E-state index is 0.371. The molecule has 0 atom stereocenters. The molecule has 0 aliphatic carbocycles. The SMILES string of the molecule is C=C(C=NC(=C)C(C)C)OC. The van der Waals surface area contributed by atoms with E-state index in [2.05, 4.69) is 18.2 Å². The van der Waals surface area contributed by atoms with E-state index < -0.39 is 0 Å². The van der Waals surface area contributed by atoms with E-state index >= 15 is 0 Å². The monoisotopic (exact) mass is 153 g/mol. The van der Waals surface area contributed by atoms with Gasteiger partial charge in [-0.15, -0.1) is 0 Å². The fraction of sp³-hybridized carbons (Fsp3) is 0.444. The van der Waals surface area contributed by atoms with Gasteiger partial charge in [-0.2, -0.15) is 0 Å². The van der Waals surface area contributed by atoms with Crippen LogP contribution in [-0.2, 0) is 4.74 Å². The average molecular weight is 153 g/mol. The van der Waals surface area contributed by atoms with Gasteiger partial charge < -0.3 is 4.74 Å². The van der Waals surface area contributed by atoms with E-state index in [-0.39, 0.29) is 0 Å². The number of hydrogen-bond acceptors (Lipinski definition) is 2. The van der Waals surface area contributed by atoms with Crippen molar-refractivity contribution in [1.29, 1.82) is 0 Å². The van der Waals surface area contributed by atoms with Gasteiger partial charge in [0, 0.05) is 5.70 Å². The molecule has 11 heavy (non-hydrogen) atoms. The summed E-state index contributed by atoms with van der Waals surface area (Å²) in [5.41, 5.74) is 0.836. The fourth-order valence-electron chi connectivity index (χ4n) is 0.357. The van der Waals surface area contributed by atoms with Gasteiger partial charge >= 0.3 is 0 Å². The molecule has 0 rings (SSSR count). The normalized spacial score (nSPS) is 10.5. The van der Waals surface area contributed by atoms with Crippen LogP contribution in [0.1, 0.15) is 13.8 Å². The first-order valence-electron chi connectivity index (χ1n) is 3.53. The first-order valence-corrected chi connectivity index (χ1v) is 3.53. The van der Waals surface area contributed by atoms with Crippen LogP contribution in [0.15, 0.2) is 29.6 Å². The predicted octanol–water partition coefficient (Wildman–Crippen LogP) is 2.39. The Labute approximate surface area is 68.3 Å². The van der Waals surface area contributed by atoms with E-state index in [9.17, 15) is 0 Å². The Kier molecular flexibility index (Phi) is 4.27. The molecule has 0 radical (unpaired) electrons. The molecule has 2 nitrogen and oxygen atoms in total. The summed E-state index contributed by atoms with van der Waals surface area (Å²) >= 11 is 0. The van der Waals surface area contributed by atoms with Crippen LogP contribution in [-0.4, -0.2) is 13.3 Å². The predicted molar refractivity (Wildman–Crippen MR) is 48.6 cm³/mol. The van der Waals surface area contributed by atoms with Gasteiger partial charge in [-0.3, -0.25) is 4.99 Å². The molecule has 0 N–H and O–H groups in total. The van der Waals surface area contributed by atoms with Crippen LogP contribution in [0.2, 0.25) is 0 Å². The quantitative estimate of drug-likeness (QED) is 0.449. The Morgan fingerprint density at radius 1 is 1.45 bits per heavy atom. The number of allylic oxidation sites excluding steroid dienone is 2. The number of aliphatic imine (C=N–C) groups is 1. The van der Waals surface area contributed by atoms with Gasteiger partial charge in [-0.25, -0.2) is 0 Å². The van der Waals surface area contributed by atoms with Crippen molar-refractivity contribution in [3.05, 3.63) is 24.6 Å². The van der Waals surface area contributed by atoms with Crippen LogP contribution in [0.25, 0.3) is 0 Å². The molecule has 0 aromatic heterocycles.